The Morgan fingerprint density at radius 2 is 2.00 bits per heavy atom. The Balaban J connectivity index is 2.31. The maximum absolute atomic E-state index is 13.0. The van der Waals surface area contributed by atoms with Gasteiger partial charge in [0.2, 0.25) is 0 Å². The first-order valence-electron chi connectivity index (χ1n) is 7.94. The first-order valence-corrected chi connectivity index (χ1v) is 7.94. The Labute approximate surface area is 141 Å². The van der Waals surface area contributed by atoms with Crippen molar-refractivity contribution < 1.29 is 13.9 Å². The minimum Gasteiger partial charge on any atom is -0.461 e. The fourth-order valence-electron chi connectivity index (χ4n) is 2.11. The summed E-state index contributed by atoms with van der Waals surface area (Å²) in [4.78, 5) is 20.6. The van der Waals surface area contributed by atoms with Crippen molar-refractivity contribution >= 4 is 17.9 Å². The highest BCUT2D eigenvalue weighted by Gasteiger charge is 2.15. The molecular formula is C19H21FN2O2. The third kappa shape index (κ3) is 4.98. The van der Waals surface area contributed by atoms with Crippen LogP contribution in [-0.2, 0) is 11.2 Å². The lowest BCUT2D eigenvalue weighted by atomic mass is 10.1. The minimum absolute atomic E-state index is 0.205. The van der Waals surface area contributed by atoms with Crippen LogP contribution in [0.25, 0.3) is 0 Å². The second kappa shape index (κ2) is 8.34. The Bertz CT molecular complexity index is 725. The molecule has 0 saturated carbocycles. The van der Waals surface area contributed by atoms with Gasteiger partial charge in [0, 0.05) is 12.4 Å². The second-order valence-electron chi connectivity index (χ2n) is 5.76. The molecule has 0 spiro atoms. The number of halogens is 1. The number of aliphatic imine (C=N–C) groups is 1. The third-order valence-corrected chi connectivity index (χ3v) is 3.23. The van der Waals surface area contributed by atoms with Crippen molar-refractivity contribution in [1.29, 1.82) is 0 Å². The van der Waals surface area contributed by atoms with Gasteiger partial charge in [-0.1, -0.05) is 26.0 Å². The quantitative estimate of drug-likeness (QED) is 0.585. The second-order valence-corrected chi connectivity index (χ2v) is 5.76. The van der Waals surface area contributed by atoms with E-state index < -0.39 is 5.97 Å². The smallest absolute Gasteiger partial charge is 0.359 e. The molecule has 0 aliphatic heterocycles. The molecule has 5 heteroatoms. The van der Waals surface area contributed by atoms with E-state index in [9.17, 15) is 9.18 Å². The molecule has 0 fully saturated rings. The van der Waals surface area contributed by atoms with Gasteiger partial charge in [-0.15, -0.1) is 0 Å². The molecule has 2 rings (SSSR count). The molecule has 0 bridgehead atoms. The number of carbonyl (C=O) groups is 1. The van der Waals surface area contributed by atoms with Crippen molar-refractivity contribution in [3.8, 4) is 0 Å². The Morgan fingerprint density at radius 1 is 1.29 bits per heavy atom. The molecule has 24 heavy (non-hydrogen) atoms. The van der Waals surface area contributed by atoms with Gasteiger partial charge in [0.05, 0.1) is 12.3 Å². The number of esters is 1. The highest BCUT2D eigenvalue weighted by Crippen LogP contribution is 2.22. The summed E-state index contributed by atoms with van der Waals surface area (Å²) >= 11 is 0. The average Bonchev–Trinajstić information content (AvgIpc) is 2.55. The van der Waals surface area contributed by atoms with Crippen LogP contribution in [-0.4, -0.2) is 23.8 Å². The van der Waals surface area contributed by atoms with Crippen molar-refractivity contribution in [2.75, 3.05) is 6.61 Å². The van der Waals surface area contributed by atoms with Gasteiger partial charge in [0.25, 0.3) is 0 Å². The number of benzene rings is 1. The molecule has 0 unspecified atom stereocenters. The Hall–Kier alpha value is -2.56. The first kappa shape index (κ1) is 17.8. The van der Waals surface area contributed by atoms with Gasteiger partial charge in [0.15, 0.2) is 5.69 Å². The van der Waals surface area contributed by atoms with E-state index in [0.29, 0.717) is 12.1 Å². The highest BCUT2D eigenvalue weighted by atomic mass is 19.1. The van der Waals surface area contributed by atoms with Crippen molar-refractivity contribution in [3.05, 3.63) is 59.2 Å². The summed E-state index contributed by atoms with van der Waals surface area (Å²) in [7, 11) is 0. The number of aromatic nitrogens is 1. The number of ether oxygens (including phenoxy) is 1. The zero-order chi connectivity index (χ0) is 17.5. The molecule has 0 radical (unpaired) electrons. The average molecular weight is 328 g/mol. The monoisotopic (exact) mass is 328 g/mol. The number of hydrogen-bond donors (Lipinski definition) is 0. The van der Waals surface area contributed by atoms with E-state index in [1.165, 1.54) is 12.1 Å². The lowest BCUT2D eigenvalue weighted by Gasteiger charge is -2.08. The van der Waals surface area contributed by atoms with Gasteiger partial charge < -0.3 is 4.74 Å². The molecule has 1 heterocycles. The maximum Gasteiger partial charge on any atom is 0.359 e. The van der Waals surface area contributed by atoms with E-state index in [-0.39, 0.29) is 24.0 Å². The summed E-state index contributed by atoms with van der Waals surface area (Å²) in [5, 5.41) is 0. The van der Waals surface area contributed by atoms with E-state index in [0.717, 1.165) is 11.1 Å². The van der Waals surface area contributed by atoms with Crippen LogP contribution in [0.2, 0.25) is 0 Å². The van der Waals surface area contributed by atoms with Gasteiger partial charge in [-0.05, 0) is 48.6 Å². The Morgan fingerprint density at radius 3 is 2.62 bits per heavy atom. The number of carbonyl (C=O) groups excluding carboxylic acids is 1. The van der Waals surface area contributed by atoms with Crippen molar-refractivity contribution in [2.24, 2.45) is 10.9 Å². The molecule has 1 aromatic heterocycles. The summed E-state index contributed by atoms with van der Waals surface area (Å²) in [6.07, 6.45) is 3.98. The van der Waals surface area contributed by atoms with Crippen LogP contribution < -0.4 is 0 Å². The van der Waals surface area contributed by atoms with Crippen molar-refractivity contribution in [2.45, 2.75) is 27.2 Å². The normalized spacial score (nSPS) is 11.2. The fourth-order valence-corrected chi connectivity index (χ4v) is 2.11. The van der Waals surface area contributed by atoms with Crippen molar-refractivity contribution in [1.82, 2.24) is 4.98 Å². The molecule has 1 aromatic carbocycles. The van der Waals surface area contributed by atoms with Crippen LogP contribution in [0.1, 0.15) is 42.4 Å². The van der Waals surface area contributed by atoms with Gasteiger partial charge in [-0.2, -0.15) is 0 Å². The number of hydrogen-bond acceptors (Lipinski definition) is 4. The lowest BCUT2D eigenvalue weighted by molar-refractivity contribution is 0.0520. The van der Waals surface area contributed by atoms with Crippen LogP contribution in [0.4, 0.5) is 10.1 Å². The van der Waals surface area contributed by atoms with E-state index in [2.05, 4.69) is 9.98 Å². The van der Waals surface area contributed by atoms with Gasteiger partial charge in [-0.25, -0.2) is 14.2 Å². The minimum atomic E-state index is -0.485. The van der Waals surface area contributed by atoms with E-state index in [1.54, 1.807) is 31.5 Å². The van der Waals surface area contributed by atoms with E-state index >= 15 is 0 Å². The summed E-state index contributed by atoms with van der Waals surface area (Å²) in [5.41, 5.74) is 2.55. The maximum atomic E-state index is 13.0. The van der Waals surface area contributed by atoms with Crippen LogP contribution in [0.15, 0.2) is 41.5 Å². The van der Waals surface area contributed by atoms with Crippen LogP contribution in [0, 0.1) is 11.7 Å². The first-order chi connectivity index (χ1) is 11.5. The predicted molar refractivity (Wildman–Crippen MR) is 92.4 cm³/mol. The summed E-state index contributed by atoms with van der Waals surface area (Å²) in [6, 6.07) is 8.12. The van der Waals surface area contributed by atoms with Gasteiger partial charge >= 0.3 is 5.97 Å². The zero-order valence-electron chi connectivity index (χ0n) is 14.1. The number of rotatable bonds is 6. The molecule has 0 amide bonds. The summed E-state index contributed by atoms with van der Waals surface area (Å²) in [5.74, 6) is -0.501. The largest absolute Gasteiger partial charge is 0.461 e. The molecule has 0 N–H and O–H groups in total. The molecule has 2 aromatic rings. The number of pyridine rings is 1. The summed E-state index contributed by atoms with van der Waals surface area (Å²) in [6.45, 7) is 6.04. The molecular weight excluding hydrogens is 307 g/mol. The molecule has 4 nitrogen and oxygen atoms in total. The SMILES string of the molecule is CCOC(=O)c1ncc(Cc2ccc(F)cc2)cc1N=CC(C)C. The number of nitrogens with zero attached hydrogens (tertiary/aromatic N) is 2. The highest BCUT2D eigenvalue weighted by molar-refractivity contribution is 5.93. The fraction of sp³-hybridized carbons (Fsp3) is 0.316. The topological polar surface area (TPSA) is 51.5 Å². The van der Waals surface area contributed by atoms with Crippen LogP contribution in [0.5, 0.6) is 0 Å². The zero-order valence-corrected chi connectivity index (χ0v) is 14.1. The van der Waals surface area contributed by atoms with Gasteiger partial charge in [0.1, 0.15) is 5.82 Å². The van der Waals surface area contributed by atoms with Crippen molar-refractivity contribution in [3.63, 3.8) is 0 Å². The van der Waals surface area contributed by atoms with Crippen LogP contribution >= 0.6 is 0 Å². The van der Waals surface area contributed by atoms with E-state index in [4.69, 9.17) is 4.74 Å². The molecule has 126 valence electrons. The Kier molecular flexibility index (Phi) is 6.18. The molecule has 0 saturated heterocycles. The third-order valence-electron chi connectivity index (χ3n) is 3.23. The molecule has 0 aliphatic rings. The van der Waals surface area contributed by atoms with Crippen LogP contribution in [0.3, 0.4) is 0 Å². The molecule has 0 aliphatic carbocycles. The standard InChI is InChI=1S/C19H21FN2O2/c1-4-24-19(23)18-17(21-11-13(2)3)10-15(12-22-18)9-14-5-7-16(20)8-6-14/h5-8,10-13H,4,9H2,1-3H3. The lowest BCUT2D eigenvalue weighted by Crippen LogP contribution is -2.08. The molecule has 0 atom stereocenters. The summed E-state index contributed by atoms with van der Waals surface area (Å²) < 4.78 is 18.0. The van der Waals surface area contributed by atoms with E-state index in [1.807, 2.05) is 19.9 Å². The predicted octanol–water partition coefficient (Wildman–Crippen LogP) is 4.35. The van der Waals surface area contributed by atoms with Gasteiger partial charge in [-0.3, -0.25) is 4.99 Å².